The van der Waals surface area contributed by atoms with Gasteiger partial charge < -0.3 is 29.7 Å². The van der Waals surface area contributed by atoms with Crippen LogP contribution in [0.25, 0.3) is 11.3 Å². The Morgan fingerprint density at radius 2 is 1.52 bits per heavy atom. The molecule has 228 valence electrons. The van der Waals surface area contributed by atoms with E-state index in [1.54, 1.807) is 54.5 Å². The maximum Gasteiger partial charge on any atom is 0.409 e. The topological polar surface area (TPSA) is 138 Å². The fourth-order valence-electron chi connectivity index (χ4n) is 4.53. The second kappa shape index (κ2) is 12.9. The maximum absolute atomic E-state index is 14.1. The smallest absolute Gasteiger partial charge is 0.409 e. The molecule has 1 atom stereocenters. The molecule has 3 amide bonds. The van der Waals surface area contributed by atoms with Crippen LogP contribution in [-0.2, 0) is 24.7 Å². The molecule has 1 fully saturated rings. The highest BCUT2D eigenvalue weighted by Gasteiger charge is 2.51. The molecule has 11 nitrogen and oxygen atoms in total. The first-order chi connectivity index (χ1) is 19.6. The number of nitrogens with one attached hydrogen (secondary N) is 1. The third-order valence-electron chi connectivity index (χ3n) is 6.90. The predicted molar refractivity (Wildman–Crippen MR) is 156 cm³/mol. The van der Waals surface area contributed by atoms with Crippen LogP contribution in [0.4, 0.5) is 4.79 Å². The number of carbonyl (C=O) groups is 4. The quantitative estimate of drug-likeness (QED) is 0.356. The standard InChI is InChI=1S/C31H42N4O7/c1-8-31(27(38)42-29(3,4)5,26(37)34-15-17-35(18-16-34)28(39)41-9-2)33-25(36)24-20-22(30(6,7)40)19-23(32-24)21-13-11-10-12-14-21/h10-14,19-20,40H,8-9,15-18H2,1-7H3,(H,33,36). The molecule has 1 unspecified atom stereocenters. The SMILES string of the molecule is CCOC(=O)N1CCN(C(=O)C(CC)(NC(=O)c2cc(C(C)(C)O)cc(-c3ccccc3)n2)C(=O)OC(C)(C)C)CC1. The van der Waals surface area contributed by atoms with Crippen LogP contribution >= 0.6 is 0 Å². The van der Waals surface area contributed by atoms with Gasteiger partial charge in [-0.2, -0.15) is 0 Å². The van der Waals surface area contributed by atoms with E-state index in [4.69, 9.17) is 9.47 Å². The van der Waals surface area contributed by atoms with Crippen molar-refractivity contribution in [2.24, 2.45) is 0 Å². The minimum absolute atomic E-state index is 0.0743. The van der Waals surface area contributed by atoms with Gasteiger partial charge in [-0.1, -0.05) is 37.3 Å². The molecule has 0 spiro atoms. The Balaban J connectivity index is 2.01. The van der Waals surface area contributed by atoms with Crippen LogP contribution in [-0.4, -0.2) is 87.7 Å². The summed E-state index contributed by atoms with van der Waals surface area (Å²) in [5.41, 5.74) is -2.77. The van der Waals surface area contributed by atoms with Crippen molar-refractivity contribution in [3.8, 4) is 11.3 Å². The summed E-state index contributed by atoms with van der Waals surface area (Å²) in [6.07, 6.45) is -0.569. The van der Waals surface area contributed by atoms with Gasteiger partial charge in [0.05, 0.1) is 17.9 Å². The van der Waals surface area contributed by atoms with Crippen molar-refractivity contribution in [2.45, 2.75) is 71.6 Å². The van der Waals surface area contributed by atoms with Crippen LogP contribution < -0.4 is 5.32 Å². The summed E-state index contributed by atoms with van der Waals surface area (Å²) in [5, 5.41) is 13.5. The molecule has 42 heavy (non-hydrogen) atoms. The molecule has 1 saturated heterocycles. The number of esters is 1. The highest BCUT2D eigenvalue weighted by atomic mass is 16.6. The van der Waals surface area contributed by atoms with Crippen molar-refractivity contribution in [1.29, 1.82) is 0 Å². The normalized spacial score (nSPS) is 15.4. The van der Waals surface area contributed by atoms with Gasteiger partial charge in [0.15, 0.2) is 0 Å². The molecule has 3 rings (SSSR count). The fourth-order valence-corrected chi connectivity index (χ4v) is 4.53. The first-order valence-electron chi connectivity index (χ1n) is 14.2. The number of hydrogen-bond donors (Lipinski definition) is 2. The molecule has 0 aliphatic carbocycles. The molecular formula is C31H42N4O7. The average Bonchev–Trinajstić information content (AvgIpc) is 2.94. The van der Waals surface area contributed by atoms with E-state index in [1.807, 2.05) is 30.3 Å². The zero-order valence-corrected chi connectivity index (χ0v) is 25.5. The number of benzene rings is 1. The number of pyridine rings is 1. The van der Waals surface area contributed by atoms with Gasteiger partial charge in [-0.3, -0.25) is 9.59 Å². The Labute approximate surface area is 247 Å². The lowest BCUT2D eigenvalue weighted by Gasteiger charge is -2.40. The minimum atomic E-state index is -2.06. The molecule has 1 aromatic heterocycles. The highest BCUT2D eigenvalue weighted by Crippen LogP contribution is 2.27. The number of carbonyl (C=O) groups excluding carboxylic acids is 4. The van der Waals surface area contributed by atoms with Gasteiger partial charge in [-0.25, -0.2) is 14.6 Å². The molecule has 1 aliphatic rings. The van der Waals surface area contributed by atoms with Crippen LogP contribution in [0, 0.1) is 0 Å². The number of hydrogen-bond acceptors (Lipinski definition) is 8. The van der Waals surface area contributed by atoms with Crippen LogP contribution in [0.15, 0.2) is 42.5 Å². The number of nitrogens with zero attached hydrogens (tertiary/aromatic N) is 3. The van der Waals surface area contributed by atoms with E-state index in [0.717, 1.165) is 5.56 Å². The molecule has 2 N–H and O–H groups in total. The number of aliphatic hydroxyl groups is 1. The van der Waals surface area contributed by atoms with E-state index in [1.165, 1.54) is 15.9 Å². The van der Waals surface area contributed by atoms with Crippen LogP contribution in [0.1, 0.15) is 70.9 Å². The van der Waals surface area contributed by atoms with Crippen molar-refractivity contribution in [2.75, 3.05) is 32.8 Å². The maximum atomic E-state index is 14.1. The Morgan fingerprint density at radius 3 is 2.05 bits per heavy atom. The molecule has 0 radical (unpaired) electrons. The minimum Gasteiger partial charge on any atom is -0.458 e. The van der Waals surface area contributed by atoms with E-state index in [-0.39, 0.29) is 44.9 Å². The summed E-state index contributed by atoms with van der Waals surface area (Å²) >= 11 is 0. The van der Waals surface area contributed by atoms with Gasteiger partial charge in [0, 0.05) is 31.7 Å². The number of piperazine rings is 1. The van der Waals surface area contributed by atoms with E-state index >= 15 is 0 Å². The lowest BCUT2D eigenvalue weighted by molar-refractivity contribution is -0.169. The molecule has 0 saturated carbocycles. The first kappa shape index (κ1) is 32.5. The van der Waals surface area contributed by atoms with E-state index < -0.39 is 40.6 Å². The molecular weight excluding hydrogens is 540 g/mol. The summed E-state index contributed by atoms with van der Waals surface area (Å²) in [4.78, 5) is 61.3. The van der Waals surface area contributed by atoms with Crippen molar-refractivity contribution >= 4 is 23.9 Å². The first-order valence-corrected chi connectivity index (χ1v) is 14.2. The molecule has 2 aromatic rings. The number of ether oxygens (including phenoxy) is 2. The Hall–Kier alpha value is -3.99. The number of aromatic nitrogens is 1. The summed E-state index contributed by atoms with van der Waals surface area (Å²) in [6, 6.07) is 12.3. The van der Waals surface area contributed by atoms with Gasteiger partial charge in [0.2, 0.25) is 5.54 Å². The Morgan fingerprint density at radius 1 is 0.929 bits per heavy atom. The average molecular weight is 583 g/mol. The summed E-state index contributed by atoms with van der Waals surface area (Å²) in [6.45, 7) is 12.5. The van der Waals surface area contributed by atoms with Gasteiger partial charge >= 0.3 is 12.1 Å². The monoisotopic (exact) mass is 582 g/mol. The third kappa shape index (κ3) is 7.64. The second-order valence-corrected chi connectivity index (χ2v) is 11.7. The Bertz CT molecular complexity index is 1290. The lowest BCUT2D eigenvalue weighted by atomic mass is 9.92. The lowest BCUT2D eigenvalue weighted by Crippen LogP contribution is -2.67. The van der Waals surface area contributed by atoms with Crippen LogP contribution in [0.5, 0.6) is 0 Å². The molecule has 1 aromatic carbocycles. The molecule has 2 heterocycles. The summed E-state index contributed by atoms with van der Waals surface area (Å²) in [7, 11) is 0. The van der Waals surface area contributed by atoms with E-state index in [9.17, 15) is 24.3 Å². The van der Waals surface area contributed by atoms with Crippen LogP contribution in [0.3, 0.4) is 0 Å². The van der Waals surface area contributed by atoms with Crippen molar-refractivity contribution in [3.63, 3.8) is 0 Å². The molecule has 0 bridgehead atoms. The largest absolute Gasteiger partial charge is 0.458 e. The van der Waals surface area contributed by atoms with E-state index in [2.05, 4.69) is 10.3 Å². The third-order valence-corrected chi connectivity index (χ3v) is 6.90. The van der Waals surface area contributed by atoms with Gasteiger partial charge in [-0.05, 0) is 65.7 Å². The van der Waals surface area contributed by atoms with Gasteiger partial charge in [0.25, 0.3) is 11.8 Å². The van der Waals surface area contributed by atoms with Crippen LogP contribution in [0.2, 0.25) is 0 Å². The Kier molecular flexibility index (Phi) is 9.98. The van der Waals surface area contributed by atoms with Gasteiger partial charge in [-0.15, -0.1) is 0 Å². The van der Waals surface area contributed by atoms with Crippen molar-refractivity contribution in [3.05, 3.63) is 53.7 Å². The zero-order valence-electron chi connectivity index (χ0n) is 25.5. The molecule has 11 heteroatoms. The van der Waals surface area contributed by atoms with Gasteiger partial charge in [0.1, 0.15) is 11.3 Å². The predicted octanol–water partition coefficient (Wildman–Crippen LogP) is 3.50. The highest BCUT2D eigenvalue weighted by molar-refractivity contribution is 6.12. The zero-order chi connectivity index (χ0) is 31.3. The van der Waals surface area contributed by atoms with E-state index in [0.29, 0.717) is 11.3 Å². The summed E-state index contributed by atoms with van der Waals surface area (Å²) < 4.78 is 10.7. The summed E-state index contributed by atoms with van der Waals surface area (Å²) in [5.74, 6) is -2.31. The fraction of sp³-hybridized carbons (Fsp3) is 0.516. The van der Waals surface area contributed by atoms with Crippen molar-refractivity contribution in [1.82, 2.24) is 20.1 Å². The number of rotatable bonds is 8. The second-order valence-electron chi connectivity index (χ2n) is 11.7. The van der Waals surface area contributed by atoms with Crippen molar-refractivity contribution < 1.29 is 33.8 Å². The molecule has 1 aliphatic heterocycles. The number of amides is 3.